The Kier molecular flexibility index (Phi) is 8.60. The standard InChI is InChI=1S/C23H28N4.C2H2O4/c1-19(21-7-11-23(12-8-21)27-16-13-24-18-27)25-17-20-5-9-22(10-6-20)26-14-3-2-4-15-26;3-1(4)2(5)6/h5-13,16,18-19,25H,2-4,14-15,17H2,1H3;(H,3,4)(H,5,6). The molecule has 1 aromatic heterocycles. The van der Waals surface area contributed by atoms with Crippen molar-refractivity contribution < 1.29 is 19.8 Å². The average molecular weight is 451 g/mol. The number of piperidine rings is 1. The number of hydrogen-bond donors (Lipinski definition) is 3. The summed E-state index contributed by atoms with van der Waals surface area (Å²) in [6.07, 6.45) is 9.60. The van der Waals surface area contributed by atoms with Gasteiger partial charge < -0.3 is 25.0 Å². The van der Waals surface area contributed by atoms with Crippen LogP contribution in [0.5, 0.6) is 0 Å². The molecule has 1 aliphatic heterocycles. The van der Waals surface area contributed by atoms with E-state index in [0.29, 0.717) is 6.04 Å². The molecule has 1 fully saturated rings. The first kappa shape index (κ1) is 24.0. The fourth-order valence-electron chi connectivity index (χ4n) is 3.71. The van der Waals surface area contributed by atoms with E-state index >= 15 is 0 Å². The van der Waals surface area contributed by atoms with Crippen molar-refractivity contribution in [1.82, 2.24) is 14.9 Å². The summed E-state index contributed by atoms with van der Waals surface area (Å²) in [5.74, 6) is -3.65. The zero-order chi connectivity index (χ0) is 23.6. The lowest BCUT2D eigenvalue weighted by Gasteiger charge is -2.29. The summed E-state index contributed by atoms with van der Waals surface area (Å²) >= 11 is 0. The zero-order valence-corrected chi connectivity index (χ0v) is 18.7. The molecule has 0 aliphatic carbocycles. The Bertz CT molecular complexity index is 1000. The molecule has 1 aliphatic rings. The first-order chi connectivity index (χ1) is 15.9. The molecule has 1 unspecified atom stereocenters. The molecule has 3 N–H and O–H groups in total. The summed E-state index contributed by atoms with van der Waals surface area (Å²) in [5.41, 5.74) is 5.12. The highest BCUT2D eigenvalue weighted by Crippen LogP contribution is 2.21. The number of carboxylic acids is 2. The molecule has 1 saturated heterocycles. The summed E-state index contributed by atoms with van der Waals surface area (Å²) in [7, 11) is 0. The molecule has 0 radical (unpaired) electrons. The molecule has 2 aromatic carbocycles. The van der Waals surface area contributed by atoms with Gasteiger partial charge in [-0.05, 0) is 61.6 Å². The summed E-state index contributed by atoms with van der Waals surface area (Å²) < 4.78 is 2.02. The zero-order valence-electron chi connectivity index (χ0n) is 18.7. The number of carbonyl (C=O) groups is 2. The number of aliphatic carboxylic acids is 2. The Morgan fingerprint density at radius 3 is 2.09 bits per heavy atom. The van der Waals surface area contributed by atoms with Crippen LogP contribution in [0.4, 0.5) is 5.69 Å². The van der Waals surface area contributed by atoms with Crippen molar-refractivity contribution in [3.05, 3.63) is 78.4 Å². The van der Waals surface area contributed by atoms with Crippen molar-refractivity contribution in [2.75, 3.05) is 18.0 Å². The predicted molar refractivity (Wildman–Crippen MR) is 127 cm³/mol. The van der Waals surface area contributed by atoms with E-state index in [2.05, 4.69) is 70.7 Å². The number of anilines is 1. The Morgan fingerprint density at radius 2 is 1.55 bits per heavy atom. The number of rotatable bonds is 6. The van der Waals surface area contributed by atoms with Crippen molar-refractivity contribution >= 4 is 17.6 Å². The molecule has 4 rings (SSSR count). The summed E-state index contributed by atoms with van der Waals surface area (Å²) in [5, 5.41) is 18.4. The van der Waals surface area contributed by atoms with Gasteiger partial charge in [0.1, 0.15) is 0 Å². The van der Waals surface area contributed by atoms with Crippen LogP contribution in [0.15, 0.2) is 67.3 Å². The Morgan fingerprint density at radius 1 is 0.939 bits per heavy atom. The first-order valence-corrected chi connectivity index (χ1v) is 11.1. The molecule has 8 nitrogen and oxygen atoms in total. The molecule has 1 atom stereocenters. The van der Waals surface area contributed by atoms with Gasteiger partial charge in [0.2, 0.25) is 0 Å². The van der Waals surface area contributed by atoms with E-state index in [4.69, 9.17) is 19.8 Å². The van der Waals surface area contributed by atoms with E-state index in [1.54, 1.807) is 6.20 Å². The third-order valence-corrected chi connectivity index (χ3v) is 5.65. The van der Waals surface area contributed by atoms with Gasteiger partial charge in [-0.3, -0.25) is 0 Å². The Balaban J connectivity index is 0.000000454. The van der Waals surface area contributed by atoms with Gasteiger partial charge in [0.25, 0.3) is 0 Å². The maximum Gasteiger partial charge on any atom is 0.414 e. The smallest absolute Gasteiger partial charge is 0.414 e. The lowest BCUT2D eigenvalue weighted by molar-refractivity contribution is -0.159. The molecule has 0 saturated carbocycles. The van der Waals surface area contributed by atoms with Gasteiger partial charge in [0.15, 0.2) is 0 Å². The third-order valence-electron chi connectivity index (χ3n) is 5.65. The predicted octanol–water partition coefficient (Wildman–Crippen LogP) is 3.87. The van der Waals surface area contributed by atoms with E-state index in [1.807, 2.05) is 17.1 Å². The number of carboxylic acid groups (broad SMARTS) is 2. The highest BCUT2D eigenvalue weighted by molar-refractivity contribution is 6.27. The molecule has 8 heteroatoms. The van der Waals surface area contributed by atoms with Crippen molar-refractivity contribution in [3.63, 3.8) is 0 Å². The summed E-state index contributed by atoms with van der Waals surface area (Å²) in [4.78, 5) is 24.8. The molecule has 174 valence electrons. The van der Waals surface area contributed by atoms with Crippen molar-refractivity contribution in [1.29, 1.82) is 0 Å². The number of benzene rings is 2. The number of nitrogens with one attached hydrogen (secondary N) is 1. The average Bonchev–Trinajstić information content (AvgIpc) is 3.39. The highest BCUT2D eigenvalue weighted by Gasteiger charge is 2.11. The van der Waals surface area contributed by atoms with Crippen LogP contribution in [0.3, 0.4) is 0 Å². The number of aromatic nitrogens is 2. The normalized spacial score (nSPS) is 14.2. The summed E-state index contributed by atoms with van der Waals surface area (Å²) in [6, 6.07) is 18.0. The quantitative estimate of drug-likeness (QED) is 0.489. The van der Waals surface area contributed by atoms with E-state index in [-0.39, 0.29) is 0 Å². The fraction of sp³-hybridized carbons (Fsp3) is 0.320. The minimum atomic E-state index is -1.82. The fourth-order valence-corrected chi connectivity index (χ4v) is 3.71. The second-order valence-corrected chi connectivity index (χ2v) is 7.99. The van der Waals surface area contributed by atoms with Crippen molar-refractivity contribution in [2.24, 2.45) is 0 Å². The topological polar surface area (TPSA) is 108 Å². The van der Waals surface area contributed by atoms with E-state index < -0.39 is 11.9 Å². The molecule has 33 heavy (non-hydrogen) atoms. The molecule has 0 bridgehead atoms. The van der Waals surface area contributed by atoms with Gasteiger partial charge in [-0.1, -0.05) is 24.3 Å². The van der Waals surface area contributed by atoms with Crippen molar-refractivity contribution in [2.45, 2.75) is 38.8 Å². The molecular weight excluding hydrogens is 420 g/mol. The summed E-state index contributed by atoms with van der Waals surface area (Å²) in [6.45, 7) is 5.49. The number of nitrogens with zero attached hydrogens (tertiary/aromatic N) is 3. The first-order valence-electron chi connectivity index (χ1n) is 11.1. The van der Waals surface area contributed by atoms with Gasteiger partial charge in [0.05, 0.1) is 6.33 Å². The molecular formula is C25H30N4O4. The Hall–Kier alpha value is -3.65. The van der Waals surface area contributed by atoms with Crippen LogP contribution in [0, 0.1) is 0 Å². The monoisotopic (exact) mass is 450 g/mol. The number of imidazole rings is 1. The minimum absolute atomic E-state index is 0.309. The largest absolute Gasteiger partial charge is 0.473 e. The van der Waals surface area contributed by atoms with E-state index in [1.165, 1.54) is 49.2 Å². The SMILES string of the molecule is CC(NCc1ccc(N2CCCCC2)cc1)c1ccc(-n2ccnc2)cc1.O=C(O)C(=O)O. The van der Waals surface area contributed by atoms with Gasteiger partial charge in [0, 0.05) is 49.4 Å². The maximum atomic E-state index is 9.10. The van der Waals surface area contributed by atoms with Crippen LogP contribution in [0.25, 0.3) is 5.69 Å². The third kappa shape index (κ3) is 7.18. The van der Waals surface area contributed by atoms with E-state index in [0.717, 1.165) is 12.2 Å². The van der Waals surface area contributed by atoms with Crippen LogP contribution in [0.2, 0.25) is 0 Å². The van der Waals surface area contributed by atoms with Crippen LogP contribution in [0.1, 0.15) is 43.4 Å². The van der Waals surface area contributed by atoms with Crippen LogP contribution >= 0.6 is 0 Å². The maximum absolute atomic E-state index is 9.10. The second kappa shape index (κ2) is 11.8. The lowest BCUT2D eigenvalue weighted by atomic mass is 10.1. The van der Waals surface area contributed by atoms with E-state index in [9.17, 15) is 0 Å². The molecule has 2 heterocycles. The second-order valence-electron chi connectivity index (χ2n) is 7.99. The van der Waals surface area contributed by atoms with Crippen LogP contribution in [-0.4, -0.2) is 44.8 Å². The van der Waals surface area contributed by atoms with Gasteiger partial charge >= 0.3 is 11.9 Å². The molecule has 3 aromatic rings. The van der Waals surface area contributed by atoms with Crippen molar-refractivity contribution in [3.8, 4) is 5.69 Å². The van der Waals surface area contributed by atoms with Gasteiger partial charge in [-0.25, -0.2) is 14.6 Å². The minimum Gasteiger partial charge on any atom is -0.473 e. The van der Waals surface area contributed by atoms with Crippen LogP contribution < -0.4 is 10.2 Å². The number of hydrogen-bond acceptors (Lipinski definition) is 5. The lowest BCUT2D eigenvalue weighted by Crippen LogP contribution is -2.29. The van der Waals surface area contributed by atoms with Gasteiger partial charge in [-0.15, -0.1) is 0 Å². The molecule has 0 spiro atoms. The molecule has 0 amide bonds. The highest BCUT2D eigenvalue weighted by atomic mass is 16.4. The van der Waals surface area contributed by atoms with Crippen LogP contribution in [-0.2, 0) is 16.1 Å². The van der Waals surface area contributed by atoms with Gasteiger partial charge in [-0.2, -0.15) is 0 Å². The Labute approximate surface area is 193 Å².